The molecule has 0 unspecified atom stereocenters. The first-order valence-corrected chi connectivity index (χ1v) is 10.1. The molecular formula is C23H26FNO5. The quantitative estimate of drug-likeness (QED) is 0.637. The van der Waals surface area contributed by atoms with Gasteiger partial charge < -0.3 is 14.6 Å². The van der Waals surface area contributed by atoms with Gasteiger partial charge in [-0.05, 0) is 61.3 Å². The van der Waals surface area contributed by atoms with Gasteiger partial charge in [0.05, 0.1) is 18.9 Å². The third-order valence-corrected chi connectivity index (χ3v) is 5.31. The summed E-state index contributed by atoms with van der Waals surface area (Å²) in [5.74, 6) is -0.619. The minimum absolute atomic E-state index is 0.261. The van der Waals surface area contributed by atoms with Crippen LogP contribution in [0, 0.1) is 17.7 Å². The molecule has 0 bridgehead atoms. The molecular weight excluding hydrogens is 389 g/mol. The number of anilines is 1. The van der Waals surface area contributed by atoms with E-state index < -0.39 is 12.1 Å². The van der Waals surface area contributed by atoms with Gasteiger partial charge >= 0.3 is 12.1 Å². The van der Waals surface area contributed by atoms with Crippen LogP contribution in [0.4, 0.5) is 14.9 Å². The van der Waals surface area contributed by atoms with E-state index in [4.69, 9.17) is 14.6 Å². The van der Waals surface area contributed by atoms with Gasteiger partial charge in [0.1, 0.15) is 12.4 Å². The number of ether oxygens (including phenoxy) is 2. The lowest BCUT2D eigenvalue weighted by Crippen LogP contribution is -2.25. The molecule has 0 aliphatic heterocycles. The molecule has 7 heteroatoms. The number of halogens is 1. The van der Waals surface area contributed by atoms with E-state index in [1.54, 1.807) is 18.2 Å². The Balaban J connectivity index is 1.45. The summed E-state index contributed by atoms with van der Waals surface area (Å²) in [6.07, 6.45) is 3.18. The molecule has 0 heterocycles. The second-order valence-corrected chi connectivity index (χ2v) is 7.57. The van der Waals surface area contributed by atoms with Crippen LogP contribution in [0.5, 0.6) is 0 Å². The summed E-state index contributed by atoms with van der Waals surface area (Å²) in [7, 11) is 0. The van der Waals surface area contributed by atoms with Gasteiger partial charge in [-0.3, -0.25) is 5.32 Å². The van der Waals surface area contributed by atoms with Gasteiger partial charge in [-0.1, -0.05) is 30.3 Å². The summed E-state index contributed by atoms with van der Waals surface area (Å²) in [5, 5.41) is 11.4. The highest BCUT2D eigenvalue weighted by Gasteiger charge is 2.23. The van der Waals surface area contributed by atoms with Crippen molar-refractivity contribution in [2.45, 2.75) is 25.7 Å². The molecule has 160 valence electrons. The Morgan fingerprint density at radius 1 is 0.967 bits per heavy atom. The molecule has 30 heavy (non-hydrogen) atoms. The lowest BCUT2D eigenvalue weighted by molar-refractivity contribution is -0.142. The fourth-order valence-corrected chi connectivity index (χ4v) is 3.69. The van der Waals surface area contributed by atoms with Gasteiger partial charge in [0, 0.05) is 5.56 Å². The topological polar surface area (TPSA) is 84.9 Å². The number of amides is 1. The molecule has 2 N–H and O–H groups in total. The van der Waals surface area contributed by atoms with Crippen LogP contribution in [-0.4, -0.2) is 37.0 Å². The number of carboxylic acids is 1. The largest absolute Gasteiger partial charge is 0.480 e. The number of carbonyl (C=O) groups is 2. The maximum atomic E-state index is 13.2. The van der Waals surface area contributed by atoms with Crippen LogP contribution in [0.2, 0.25) is 0 Å². The van der Waals surface area contributed by atoms with Gasteiger partial charge in [-0.15, -0.1) is 0 Å². The number of rotatable bonds is 8. The Morgan fingerprint density at radius 2 is 1.60 bits per heavy atom. The maximum absolute atomic E-state index is 13.2. The highest BCUT2D eigenvalue weighted by Crippen LogP contribution is 2.30. The van der Waals surface area contributed by atoms with E-state index in [-0.39, 0.29) is 12.4 Å². The molecule has 6 nitrogen and oxygen atoms in total. The highest BCUT2D eigenvalue weighted by atomic mass is 19.1. The van der Waals surface area contributed by atoms with E-state index in [0.717, 1.165) is 36.8 Å². The van der Waals surface area contributed by atoms with Crippen molar-refractivity contribution in [3.8, 4) is 11.1 Å². The zero-order valence-electron chi connectivity index (χ0n) is 16.7. The zero-order valence-corrected chi connectivity index (χ0v) is 16.7. The number of carbonyl (C=O) groups excluding carboxylic acids is 1. The number of nitrogens with one attached hydrogen (secondary N) is 1. The summed E-state index contributed by atoms with van der Waals surface area (Å²) < 4.78 is 23.8. The van der Waals surface area contributed by atoms with E-state index in [9.17, 15) is 14.0 Å². The molecule has 0 spiro atoms. The van der Waals surface area contributed by atoms with Crippen molar-refractivity contribution in [2.75, 3.05) is 25.1 Å². The van der Waals surface area contributed by atoms with E-state index in [1.807, 2.05) is 18.2 Å². The maximum Gasteiger partial charge on any atom is 0.411 e. The van der Waals surface area contributed by atoms with Gasteiger partial charge in [0.15, 0.2) is 0 Å². The predicted molar refractivity (Wildman–Crippen MR) is 111 cm³/mol. The van der Waals surface area contributed by atoms with E-state index in [1.165, 1.54) is 12.1 Å². The van der Waals surface area contributed by atoms with Crippen molar-refractivity contribution < 1.29 is 28.6 Å². The molecule has 0 radical (unpaired) electrons. The van der Waals surface area contributed by atoms with Crippen molar-refractivity contribution in [1.82, 2.24) is 0 Å². The number of benzene rings is 2. The SMILES string of the molecule is O=C(O)COCC1CCC(COC(=O)Nc2ccccc2-c2ccc(F)cc2)CC1. The first-order valence-electron chi connectivity index (χ1n) is 10.1. The van der Waals surface area contributed by atoms with Crippen LogP contribution >= 0.6 is 0 Å². The van der Waals surface area contributed by atoms with Crippen LogP contribution in [0.25, 0.3) is 11.1 Å². The average Bonchev–Trinajstić information content (AvgIpc) is 2.74. The fraction of sp³-hybridized carbons (Fsp3) is 0.391. The molecule has 1 amide bonds. The van der Waals surface area contributed by atoms with Crippen molar-refractivity contribution >= 4 is 17.7 Å². The molecule has 0 atom stereocenters. The van der Waals surface area contributed by atoms with Gasteiger partial charge in [-0.25, -0.2) is 14.0 Å². The molecule has 0 saturated heterocycles. The first kappa shape index (κ1) is 21.8. The van der Waals surface area contributed by atoms with Crippen molar-refractivity contribution in [1.29, 1.82) is 0 Å². The van der Waals surface area contributed by atoms with Crippen LogP contribution in [-0.2, 0) is 14.3 Å². The summed E-state index contributed by atoms with van der Waals surface area (Å²) in [4.78, 5) is 22.8. The molecule has 1 saturated carbocycles. The number of hydrogen-bond donors (Lipinski definition) is 2. The number of para-hydroxylation sites is 1. The third kappa shape index (κ3) is 6.56. The van der Waals surface area contributed by atoms with E-state index >= 15 is 0 Å². The minimum Gasteiger partial charge on any atom is -0.480 e. The number of aliphatic carboxylic acids is 1. The first-order chi connectivity index (χ1) is 14.5. The summed E-state index contributed by atoms with van der Waals surface area (Å²) >= 11 is 0. The molecule has 0 aromatic heterocycles. The zero-order chi connectivity index (χ0) is 21.3. The third-order valence-electron chi connectivity index (χ3n) is 5.31. The summed E-state index contributed by atoms with van der Waals surface area (Å²) in [5.41, 5.74) is 2.19. The molecule has 3 rings (SSSR count). The standard InChI is InChI=1S/C23H26FNO5/c24-19-11-9-18(10-12-19)20-3-1-2-4-21(20)25-23(28)30-14-17-7-5-16(6-8-17)13-29-15-22(26)27/h1-4,9-12,16-17H,5-8,13-15H2,(H,25,28)(H,26,27). The second-order valence-electron chi connectivity index (χ2n) is 7.57. The second kappa shape index (κ2) is 10.7. The molecule has 1 fully saturated rings. The molecule has 2 aromatic carbocycles. The fourth-order valence-electron chi connectivity index (χ4n) is 3.69. The summed E-state index contributed by atoms with van der Waals surface area (Å²) in [6.45, 7) is 0.538. The number of carboxylic acid groups (broad SMARTS) is 1. The monoisotopic (exact) mass is 415 g/mol. The van der Waals surface area contributed by atoms with E-state index in [2.05, 4.69) is 5.32 Å². The highest BCUT2D eigenvalue weighted by molar-refractivity contribution is 5.91. The Labute approximate surface area is 175 Å². The predicted octanol–water partition coefficient (Wildman–Crippen LogP) is 4.95. The normalized spacial score (nSPS) is 18.6. The van der Waals surface area contributed by atoms with Crippen LogP contribution in [0.3, 0.4) is 0 Å². The van der Waals surface area contributed by atoms with Gasteiger partial charge in [0.2, 0.25) is 0 Å². The Hall–Kier alpha value is -2.93. The van der Waals surface area contributed by atoms with Crippen LogP contribution in [0.1, 0.15) is 25.7 Å². The Morgan fingerprint density at radius 3 is 2.27 bits per heavy atom. The molecule has 1 aliphatic carbocycles. The molecule has 1 aliphatic rings. The average molecular weight is 415 g/mol. The van der Waals surface area contributed by atoms with Gasteiger partial charge in [0.25, 0.3) is 0 Å². The minimum atomic E-state index is -0.955. The molecule has 2 aromatic rings. The smallest absolute Gasteiger partial charge is 0.411 e. The number of hydrogen-bond acceptors (Lipinski definition) is 4. The van der Waals surface area contributed by atoms with Crippen molar-refractivity contribution in [3.63, 3.8) is 0 Å². The van der Waals surface area contributed by atoms with Crippen LogP contribution in [0.15, 0.2) is 48.5 Å². The summed E-state index contributed by atoms with van der Waals surface area (Å²) in [6, 6.07) is 13.4. The Bertz CT molecular complexity index is 847. The lowest BCUT2D eigenvalue weighted by Gasteiger charge is -2.27. The van der Waals surface area contributed by atoms with E-state index in [0.29, 0.717) is 30.7 Å². The Kier molecular flexibility index (Phi) is 7.79. The van der Waals surface area contributed by atoms with Gasteiger partial charge in [-0.2, -0.15) is 0 Å². The van der Waals surface area contributed by atoms with Crippen molar-refractivity contribution in [3.05, 3.63) is 54.3 Å². The van der Waals surface area contributed by atoms with Crippen LogP contribution < -0.4 is 5.32 Å². The lowest BCUT2D eigenvalue weighted by atomic mass is 9.83. The van der Waals surface area contributed by atoms with Crippen molar-refractivity contribution in [2.24, 2.45) is 11.8 Å².